The zero-order chi connectivity index (χ0) is 10.6. The van der Waals surface area contributed by atoms with Crippen LogP contribution in [0.15, 0.2) is 12.1 Å². The Morgan fingerprint density at radius 2 is 1.93 bits per heavy atom. The molecule has 1 aromatic rings. The highest BCUT2D eigenvalue weighted by Crippen LogP contribution is 2.28. The van der Waals surface area contributed by atoms with E-state index in [0.717, 1.165) is 19.2 Å². The topological polar surface area (TPSA) is 26.3 Å². The van der Waals surface area contributed by atoms with Gasteiger partial charge in [0.25, 0.3) is 0 Å². The molecule has 14 heavy (non-hydrogen) atoms. The average Bonchev–Trinajstić information content (AvgIpc) is 2.16. The molecule has 0 radical (unpaired) electrons. The van der Waals surface area contributed by atoms with Crippen LogP contribution in [-0.2, 0) is 0 Å². The van der Waals surface area contributed by atoms with E-state index in [1.807, 2.05) is 0 Å². The van der Waals surface area contributed by atoms with Crippen LogP contribution in [-0.4, -0.2) is 18.8 Å². The Balaban J connectivity index is 2.99. The van der Waals surface area contributed by atoms with Gasteiger partial charge < -0.3 is 4.74 Å². The fraction of sp³-hybridized carbons (Fsp3) is 0.222. The molecule has 2 nitrogen and oxygen atoms in total. The molecular formula is C9H7ClI2O2. The first-order valence-electron chi connectivity index (χ1n) is 3.82. The third kappa shape index (κ3) is 3.23. The molecule has 1 aromatic carbocycles. The average molecular weight is 436 g/mol. The number of ether oxygens (including phenoxy) is 1. The number of carbonyl (C=O) groups excluding carboxylic acids is 1. The SMILES string of the molecule is O=Cc1cc(I)c(OCCCl)c(I)c1. The zero-order valence-electron chi connectivity index (χ0n) is 7.10. The molecule has 0 saturated carbocycles. The first kappa shape index (κ1) is 12.5. The molecule has 0 heterocycles. The van der Waals surface area contributed by atoms with E-state index < -0.39 is 0 Å². The minimum atomic E-state index is 0.460. The number of benzene rings is 1. The van der Waals surface area contributed by atoms with Crippen molar-refractivity contribution in [2.75, 3.05) is 12.5 Å². The molecule has 5 heteroatoms. The maximum atomic E-state index is 10.6. The van der Waals surface area contributed by atoms with Gasteiger partial charge in [-0.2, -0.15) is 0 Å². The fourth-order valence-electron chi connectivity index (χ4n) is 0.926. The van der Waals surface area contributed by atoms with E-state index in [4.69, 9.17) is 16.3 Å². The number of halogens is 3. The lowest BCUT2D eigenvalue weighted by Gasteiger charge is -2.09. The summed E-state index contributed by atoms with van der Waals surface area (Å²) in [6.45, 7) is 0.480. The van der Waals surface area contributed by atoms with Gasteiger partial charge in [0.05, 0.1) is 13.0 Å². The van der Waals surface area contributed by atoms with Gasteiger partial charge in [0.15, 0.2) is 0 Å². The van der Waals surface area contributed by atoms with Crippen molar-refractivity contribution in [3.8, 4) is 5.75 Å². The summed E-state index contributed by atoms with van der Waals surface area (Å²) in [4.78, 5) is 10.6. The highest BCUT2D eigenvalue weighted by molar-refractivity contribution is 14.1. The Kier molecular flexibility index (Phi) is 5.47. The van der Waals surface area contributed by atoms with Crippen LogP contribution in [0.1, 0.15) is 10.4 Å². The van der Waals surface area contributed by atoms with Crippen LogP contribution in [0.3, 0.4) is 0 Å². The van der Waals surface area contributed by atoms with Gasteiger partial charge in [0.2, 0.25) is 0 Å². The first-order valence-corrected chi connectivity index (χ1v) is 6.51. The van der Waals surface area contributed by atoms with Crippen molar-refractivity contribution < 1.29 is 9.53 Å². The quantitative estimate of drug-likeness (QED) is 0.411. The Morgan fingerprint density at radius 3 is 2.36 bits per heavy atom. The maximum Gasteiger partial charge on any atom is 0.150 e. The molecule has 0 aliphatic rings. The summed E-state index contributed by atoms with van der Waals surface area (Å²) in [7, 11) is 0. The highest BCUT2D eigenvalue weighted by Gasteiger charge is 2.08. The van der Waals surface area contributed by atoms with E-state index >= 15 is 0 Å². The van der Waals surface area contributed by atoms with E-state index in [1.54, 1.807) is 12.1 Å². The second-order valence-electron chi connectivity index (χ2n) is 2.47. The summed E-state index contributed by atoms with van der Waals surface area (Å²) in [5, 5.41) is 0. The molecule has 0 spiro atoms. The number of alkyl halides is 1. The molecule has 0 fully saturated rings. The lowest BCUT2D eigenvalue weighted by molar-refractivity contribution is 0.112. The molecule has 0 aromatic heterocycles. The minimum Gasteiger partial charge on any atom is -0.490 e. The lowest BCUT2D eigenvalue weighted by Crippen LogP contribution is -2.02. The summed E-state index contributed by atoms with van der Waals surface area (Å²) in [5.41, 5.74) is 0.664. The second-order valence-corrected chi connectivity index (χ2v) is 5.17. The number of carbonyl (C=O) groups is 1. The number of aldehydes is 1. The van der Waals surface area contributed by atoms with Crippen molar-refractivity contribution in [3.05, 3.63) is 24.8 Å². The van der Waals surface area contributed by atoms with Crippen LogP contribution < -0.4 is 4.74 Å². The van der Waals surface area contributed by atoms with Gasteiger partial charge in [0, 0.05) is 5.56 Å². The van der Waals surface area contributed by atoms with Crippen LogP contribution in [0.4, 0.5) is 0 Å². The van der Waals surface area contributed by atoms with Gasteiger partial charge in [-0.3, -0.25) is 4.79 Å². The lowest BCUT2D eigenvalue weighted by atomic mass is 10.2. The normalized spacial score (nSPS) is 9.93. The van der Waals surface area contributed by atoms with Crippen molar-refractivity contribution in [2.24, 2.45) is 0 Å². The zero-order valence-corrected chi connectivity index (χ0v) is 12.2. The molecule has 0 aliphatic heterocycles. The summed E-state index contributed by atoms with van der Waals surface area (Å²) >= 11 is 9.81. The van der Waals surface area contributed by atoms with Crippen LogP contribution >= 0.6 is 56.8 Å². The molecule has 0 saturated heterocycles. The molecule has 0 atom stereocenters. The van der Waals surface area contributed by atoms with Gasteiger partial charge in [0.1, 0.15) is 18.6 Å². The number of hydrogen-bond donors (Lipinski definition) is 0. The van der Waals surface area contributed by atoms with E-state index in [2.05, 4.69) is 45.2 Å². The summed E-state index contributed by atoms with van der Waals surface area (Å²) < 4.78 is 7.32. The highest BCUT2D eigenvalue weighted by atomic mass is 127. The molecule has 0 unspecified atom stereocenters. The molecular weight excluding hydrogens is 429 g/mol. The Hall–Kier alpha value is 0.440. The number of rotatable bonds is 4. The Bertz CT molecular complexity index is 319. The standard InChI is InChI=1S/C9H7ClI2O2/c10-1-2-14-9-7(11)3-6(5-13)4-8(9)12/h3-5H,1-2H2. The van der Waals surface area contributed by atoms with Gasteiger partial charge >= 0.3 is 0 Å². The summed E-state index contributed by atoms with van der Waals surface area (Å²) in [6.07, 6.45) is 0.829. The Morgan fingerprint density at radius 1 is 1.36 bits per heavy atom. The fourth-order valence-corrected chi connectivity index (χ4v) is 3.13. The molecule has 1 rings (SSSR count). The van der Waals surface area contributed by atoms with Crippen LogP contribution in [0, 0.1) is 7.14 Å². The second kappa shape index (κ2) is 6.12. The van der Waals surface area contributed by atoms with Crippen LogP contribution in [0.25, 0.3) is 0 Å². The monoisotopic (exact) mass is 436 g/mol. The van der Waals surface area contributed by atoms with Gasteiger partial charge in [-0.1, -0.05) is 0 Å². The Labute approximate surface area is 115 Å². The van der Waals surface area contributed by atoms with Gasteiger partial charge in [-0.05, 0) is 57.3 Å². The van der Waals surface area contributed by atoms with Crippen molar-refractivity contribution in [3.63, 3.8) is 0 Å². The van der Waals surface area contributed by atoms with E-state index in [0.29, 0.717) is 18.1 Å². The smallest absolute Gasteiger partial charge is 0.150 e. The van der Waals surface area contributed by atoms with Gasteiger partial charge in [-0.15, -0.1) is 11.6 Å². The molecule has 0 N–H and O–H groups in total. The largest absolute Gasteiger partial charge is 0.490 e. The van der Waals surface area contributed by atoms with E-state index in [-0.39, 0.29) is 0 Å². The van der Waals surface area contributed by atoms with Gasteiger partial charge in [-0.25, -0.2) is 0 Å². The third-order valence-corrected chi connectivity index (χ3v) is 3.24. The molecule has 0 aliphatic carbocycles. The minimum absolute atomic E-state index is 0.460. The van der Waals surface area contributed by atoms with Crippen molar-refractivity contribution in [1.29, 1.82) is 0 Å². The predicted octanol–water partition coefficient (Wildman–Crippen LogP) is 3.33. The van der Waals surface area contributed by atoms with Crippen LogP contribution in [0.2, 0.25) is 0 Å². The van der Waals surface area contributed by atoms with Crippen molar-refractivity contribution in [2.45, 2.75) is 0 Å². The molecule has 0 bridgehead atoms. The summed E-state index contributed by atoms with van der Waals surface area (Å²) in [6, 6.07) is 3.58. The third-order valence-electron chi connectivity index (χ3n) is 1.48. The predicted molar refractivity (Wildman–Crippen MR) is 73.5 cm³/mol. The number of hydrogen-bond acceptors (Lipinski definition) is 2. The van der Waals surface area contributed by atoms with Crippen molar-refractivity contribution in [1.82, 2.24) is 0 Å². The van der Waals surface area contributed by atoms with Crippen LogP contribution in [0.5, 0.6) is 5.75 Å². The van der Waals surface area contributed by atoms with E-state index in [1.165, 1.54) is 0 Å². The molecule has 0 amide bonds. The first-order chi connectivity index (χ1) is 6.69. The van der Waals surface area contributed by atoms with E-state index in [9.17, 15) is 4.79 Å². The maximum absolute atomic E-state index is 10.6. The summed E-state index contributed by atoms with van der Waals surface area (Å²) in [5.74, 6) is 1.26. The molecule has 76 valence electrons. The van der Waals surface area contributed by atoms with Crippen molar-refractivity contribution >= 4 is 63.1 Å².